The van der Waals surface area contributed by atoms with E-state index in [2.05, 4.69) is 17.2 Å². The fraction of sp³-hybridized carbons (Fsp3) is 0.474. The number of piperazine rings is 1. The first-order chi connectivity index (χ1) is 13.0. The fourth-order valence-corrected chi connectivity index (χ4v) is 3.99. The van der Waals surface area contributed by atoms with Gasteiger partial charge in [0.05, 0.1) is 4.90 Å². The monoisotopic (exact) mass is 407 g/mol. The summed E-state index contributed by atoms with van der Waals surface area (Å²) in [7, 11) is -3.69. The van der Waals surface area contributed by atoms with E-state index < -0.39 is 27.6 Å². The van der Waals surface area contributed by atoms with Crippen molar-refractivity contribution in [2.24, 2.45) is 0 Å². The van der Waals surface area contributed by atoms with E-state index in [0.717, 1.165) is 0 Å². The van der Waals surface area contributed by atoms with Gasteiger partial charge in [0.15, 0.2) is 0 Å². The van der Waals surface area contributed by atoms with Gasteiger partial charge >= 0.3 is 6.09 Å². The van der Waals surface area contributed by atoms with E-state index >= 15 is 0 Å². The number of ether oxygens (including phenoxy) is 1. The summed E-state index contributed by atoms with van der Waals surface area (Å²) in [5.41, 5.74) is -0.137. The standard InChI is InChI=1S/C19H25N3O5S/c1-5-6-17(23)20-15-7-9-16(10-8-15)28(25,26)22-13-11-21(12-14-22)18(24)27-19(2,3)4/h7-10H,11-14H2,1-4H3,(H,20,23). The largest absolute Gasteiger partial charge is 0.444 e. The van der Waals surface area contributed by atoms with E-state index in [1.165, 1.54) is 33.5 Å². The van der Waals surface area contributed by atoms with Crippen molar-refractivity contribution in [3.8, 4) is 11.8 Å². The second-order valence-corrected chi connectivity index (χ2v) is 9.16. The van der Waals surface area contributed by atoms with Gasteiger partial charge in [-0.25, -0.2) is 13.2 Å². The van der Waals surface area contributed by atoms with Crippen LogP contribution in [-0.4, -0.2) is 61.4 Å². The van der Waals surface area contributed by atoms with Crippen molar-refractivity contribution < 1.29 is 22.7 Å². The van der Waals surface area contributed by atoms with E-state index in [1.807, 2.05) is 0 Å². The SMILES string of the molecule is CC#CC(=O)Nc1ccc(S(=O)(=O)N2CCN(C(=O)OC(C)(C)C)CC2)cc1. The molecule has 1 aliphatic heterocycles. The van der Waals surface area contributed by atoms with Crippen LogP contribution in [0, 0.1) is 11.8 Å². The summed E-state index contributed by atoms with van der Waals surface area (Å²) in [5.74, 6) is 4.38. The Morgan fingerprint density at radius 2 is 1.64 bits per heavy atom. The molecule has 1 aliphatic rings. The first-order valence-corrected chi connectivity index (χ1v) is 10.3. The second-order valence-electron chi connectivity index (χ2n) is 7.22. The molecule has 0 saturated carbocycles. The van der Waals surface area contributed by atoms with Gasteiger partial charge in [0.2, 0.25) is 10.0 Å². The molecule has 0 aliphatic carbocycles. The average molecular weight is 407 g/mol. The maximum atomic E-state index is 12.8. The van der Waals surface area contributed by atoms with Gasteiger partial charge in [0.25, 0.3) is 5.91 Å². The van der Waals surface area contributed by atoms with Gasteiger partial charge in [0, 0.05) is 31.9 Å². The van der Waals surface area contributed by atoms with Crippen molar-refractivity contribution in [1.82, 2.24) is 9.21 Å². The topological polar surface area (TPSA) is 96.0 Å². The molecular weight excluding hydrogens is 382 g/mol. The smallest absolute Gasteiger partial charge is 0.410 e. The molecule has 2 amide bonds. The van der Waals surface area contributed by atoms with Gasteiger partial charge in [-0.2, -0.15) is 4.31 Å². The fourth-order valence-electron chi connectivity index (χ4n) is 2.57. The molecule has 1 aromatic carbocycles. The summed E-state index contributed by atoms with van der Waals surface area (Å²) in [4.78, 5) is 25.2. The van der Waals surface area contributed by atoms with Gasteiger partial charge in [-0.1, -0.05) is 5.92 Å². The first-order valence-electron chi connectivity index (χ1n) is 8.85. The van der Waals surface area contributed by atoms with Gasteiger partial charge < -0.3 is 15.0 Å². The van der Waals surface area contributed by atoms with Crippen LogP contribution >= 0.6 is 0 Å². The number of benzene rings is 1. The van der Waals surface area contributed by atoms with Crippen LogP contribution < -0.4 is 5.32 Å². The van der Waals surface area contributed by atoms with E-state index in [1.54, 1.807) is 27.7 Å². The molecule has 1 N–H and O–H groups in total. The number of carbonyl (C=O) groups is 2. The number of rotatable bonds is 3. The molecule has 1 fully saturated rings. The van der Waals surface area contributed by atoms with E-state index in [4.69, 9.17) is 4.74 Å². The molecule has 1 heterocycles. The molecule has 0 radical (unpaired) electrons. The van der Waals surface area contributed by atoms with Crippen LogP contribution in [0.4, 0.5) is 10.5 Å². The van der Waals surface area contributed by atoms with Crippen LogP contribution in [-0.2, 0) is 19.6 Å². The average Bonchev–Trinajstić information content (AvgIpc) is 2.61. The van der Waals surface area contributed by atoms with Gasteiger partial charge in [-0.15, -0.1) is 0 Å². The van der Waals surface area contributed by atoms with Crippen molar-refractivity contribution in [3.63, 3.8) is 0 Å². The lowest BCUT2D eigenvalue weighted by Gasteiger charge is -2.35. The van der Waals surface area contributed by atoms with E-state index in [-0.39, 0.29) is 31.1 Å². The maximum absolute atomic E-state index is 12.8. The summed E-state index contributed by atoms with van der Waals surface area (Å²) in [5, 5.41) is 2.56. The molecule has 0 bridgehead atoms. The van der Waals surface area contributed by atoms with Gasteiger partial charge in [0.1, 0.15) is 5.60 Å². The molecule has 0 atom stereocenters. The first kappa shape index (κ1) is 21.7. The summed E-state index contributed by atoms with van der Waals surface area (Å²) in [6.07, 6.45) is -0.445. The lowest BCUT2D eigenvalue weighted by Crippen LogP contribution is -2.51. The van der Waals surface area contributed by atoms with Crippen molar-refractivity contribution in [2.75, 3.05) is 31.5 Å². The molecule has 0 spiro atoms. The molecule has 9 heteroatoms. The Bertz CT molecular complexity index is 884. The third-order valence-electron chi connectivity index (χ3n) is 3.88. The van der Waals surface area contributed by atoms with Crippen LogP contribution in [0.25, 0.3) is 0 Å². The van der Waals surface area contributed by atoms with Crippen LogP contribution in [0.5, 0.6) is 0 Å². The number of hydrogen-bond acceptors (Lipinski definition) is 5. The normalized spacial score (nSPS) is 15.4. The summed E-state index contributed by atoms with van der Waals surface area (Å²) in [6, 6.07) is 5.90. The Morgan fingerprint density at radius 1 is 1.07 bits per heavy atom. The third-order valence-corrected chi connectivity index (χ3v) is 5.79. The van der Waals surface area contributed by atoms with Crippen LogP contribution in [0.3, 0.4) is 0 Å². The molecule has 28 heavy (non-hydrogen) atoms. The Labute approximate surface area is 165 Å². The van der Waals surface area contributed by atoms with Crippen LogP contribution in [0.2, 0.25) is 0 Å². The highest BCUT2D eigenvalue weighted by molar-refractivity contribution is 7.89. The van der Waals surface area contributed by atoms with Crippen LogP contribution in [0.1, 0.15) is 27.7 Å². The van der Waals surface area contributed by atoms with Crippen molar-refractivity contribution in [1.29, 1.82) is 0 Å². The molecule has 1 aromatic rings. The quantitative estimate of drug-likeness (QED) is 0.772. The molecule has 0 unspecified atom stereocenters. The Hall–Kier alpha value is -2.57. The molecule has 152 valence electrons. The number of sulfonamides is 1. The van der Waals surface area contributed by atoms with Crippen molar-refractivity contribution in [3.05, 3.63) is 24.3 Å². The number of anilines is 1. The minimum absolute atomic E-state index is 0.123. The lowest BCUT2D eigenvalue weighted by atomic mass is 10.2. The molecule has 2 rings (SSSR count). The van der Waals surface area contributed by atoms with Gasteiger partial charge in [-0.3, -0.25) is 4.79 Å². The predicted octanol–water partition coefficient (Wildman–Crippen LogP) is 1.89. The summed E-state index contributed by atoms with van der Waals surface area (Å²) in [6.45, 7) is 7.80. The number of nitrogens with zero attached hydrogens (tertiary/aromatic N) is 2. The molecule has 1 saturated heterocycles. The van der Waals surface area contributed by atoms with Crippen molar-refractivity contribution in [2.45, 2.75) is 38.2 Å². The number of hydrogen-bond donors (Lipinski definition) is 1. The zero-order valence-electron chi connectivity index (χ0n) is 16.5. The van der Waals surface area contributed by atoms with Gasteiger partial charge in [-0.05, 0) is 57.9 Å². The van der Waals surface area contributed by atoms with Crippen LogP contribution in [0.15, 0.2) is 29.2 Å². The Kier molecular flexibility index (Phi) is 6.69. The highest BCUT2D eigenvalue weighted by atomic mass is 32.2. The third kappa shape index (κ3) is 5.71. The van der Waals surface area contributed by atoms with Crippen molar-refractivity contribution >= 4 is 27.7 Å². The van der Waals surface area contributed by atoms with E-state index in [9.17, 15) is 18.0 Å². The lowest BCUT2D eigenvalue weighted by molar-refractivity contribution is -0.111. The molecule has 8 nitrogen and oxygen atoms in total. The zero-order chi connectivity index (χ0) is 20.9. The number of amides is 2. The minimum Gasteiger partial charge on any atom is -0.444 e. The molecular formula is C19H25N3O5S. The summed E-state index contributed by atoms with van der Waals surface area (Å²) < 4.78 is 32.3. The van der Waals surface area contributed by atoms with E-state index in [0.29, 0.717) is 5.69 Å². The Morgan fingerprint density at radius 3 is 2.14 bits per heavy atom. The highest BCUT2D eigenvalue weighted by Gasteiger charge is 2.31. The summed E-state index contributed by atoms with van der Waals surface area (Å²) >= 11 is 0. The predicted molar refractivity (Wildman–Crippen MR) is 105 cm³/mol. The molecule has 0 aromatic heterocycles. The zero-order valence-corrected chi connectivity index (χ0v) is 17.3. The number of nitrogens with one attached hydrogen (secondary N) is 1. The highest BCUT2D eigenvalue weighted by Crippen LogP contribution is 2.20. The second kappa shape index (κ2) is 8.63. The number of carbonyl (C=O) groups excluding carboxylic acids is 2. The maximum Gasteiger partial charge on any atom is 0.410 e. The Balaban J connectivity index is 2.01. The minimum atomic E-state index is -3.69.